The third kappa shape index (κ3) is 4.56. The third-order valence-corrected chi connectivity index (χ3v) is 7.92. The second kappa shape index (κ2) is 7.91. The van der Waals surface area contributed by atoms with E-state index in [9.17, 15) is 4.79 Å². The van der Waals surface area contributed by atoms with Crippen LogP contribution in [-0.4, -0.2) is 18.1 Å². The molecule has 2 atom stereocenters. The van der Waals surface area contributed by atoms with Crippen LogP contribution in [0, 0.1) is 23.7 Å². The van der Waals surface area contributed by atoms with Crippen molar-refractivity contribution in [2.24, 2.45) is 16.7 Å². The summed E-state index contributed by atoms with van der Waals surface area (Å²) in [6.45, 7) is 7.97. The van der Waals surface area contributed by atoms with Gasteiger partial charge in [0.25, 0.3) is 5.91 Å². The minimum Gasteiger partial charge on any atom is -0.484 e. The van der Waals surface area contributed by atoms with Crippen LogP contribution in [0.4, 0.5) is 5.69 Å². The Balaban J connectivity index is 1.13. The predicted molar refractivity (Wildman–Crippen MR) is 129 cm³/mol. The lowest BCUT2D eigenvalue weighted by Gasteiger charge is -2.65. The van der Waals surface area contributed by atoms with Crippen molar-refractivity contribution in [3.63, 3.8) is 0 Å². The molecule has 0 spiro atoms. The number of aryl methyl sites for hydroxylation is 1. The van der Waals surface area contributed by atoms with Crippen LogP contribution in [0.2, 0.25) is 0 Å². The first kappa shape index (κ1) is 21.5. The monoisotopic (exact) mass is 432 g/mol. The zero-order valence-electron chi connectivity index (χ0n) is 19.7. The van der Waals surface area contributed by atoms with Crippen LogP contribution in [0.5, 0.6) is 5.75 Å². The van der Waals surface area contributed by atoms with Crippen molar-refractivity contribution in [3.05, 3.63) is 59.7 Å². The van der Waals surface area contributed by atoms with Crippen LogP contribution >= 0.6 is 0 Å². The van der Waals surface area contributed by atoms with Gasteiger partial charge < -0.3 is 15.4 Å². The van der Waals surface area contributed by atoms with Crippen molar-refractivity contribution in [1.29, 1.82) is 0 Å². The van der Waals surface area contributed by atoms with Crippen LogP contribution in [-0.2, 0) is 11.3 Å². The first-order valence-corrected chi connectivity index (χ1v) is 12.1. The number of anilines is 1. The fourth-order valence-corrected chi connectivity index (χ4v) is 7.62. The average molecular weight is 433 g/mol. The maximum Gasteiger partial charge on any atom is 0.262 e. The number of hydrogen-bond donors (Lipinski definition) is 2. The Hall–Kier alpha value is -2.33. The number of benzene rings is 2. The van der Waals surface area contributed by atoms with Gasteiger partial charge in [-0.05, 0) is 92.0 Å². The lowest BCUT2D eigenvalue weighted by atomic mass is 9.43. The normalized spacial score (nSPS) is 32.7. The van der Waals surface area contributed by atoms with Crippen LogP contribution in [0.15, 0.2) is 48.5 Å². The molecule has 170 valence electrons. The van der Waals surface area contributed by atoms with Gasteiger partial charge in [0, 0.05) is 17.8 Å². The number of rotatable bonds is 7. The van der Waals surface area contributed by atoms with Crippen molar-refractivity contribution < 1.29 is 9.53 Å². The van der Waals surface area contributed by atoms with E-state index in [-0.39, 0.29) is 12.5 Å². The Morgan fingerprint density at radius 2 is 1.59 bits per heavy atom. The molecule has 4 bridgehead atoms. The van der Waals surface area contributed by atoms with Gasteiger partial charge in [0.05, 0.1) is 0 Å². The zero-order chi connectivity index (χ0) is 22.4. The molecule has 0 aromatic heterocycles. The molecule has 4 saturated carbocycles. The minimum absolute atomic E-state index is 0.00708. The molecule has 4 aliphatic rings. The highest BCUT2D eigenvalue weighted by Crippen LogP contribution is 2.66. The van der Waals surface area contributed by atoms with Crippen molar-refractivity contribution in [1.82, 2.24) is 5.32 Å². The molecule has 4 heteroatoms. The maximum absolute atomic E-state index is 12.2. The van der Waals surface area contributed by atoms with E-state index >= 15 is 0 Å². The summed E-state index contributed by atoms with van der Waals surface area (Å²) < 4.78 is 5.69. The fraction of sp³-hybridized carbons (Fsp3) is 0.536. The molecule has 0 aliphatic heterocycles. The smallest absolute Gasteiger partial charge is 0.262 e. The molecule has 2 aromatic rings. The molecule has 32 heavy (non-hydrogen) atoms. The lowest BCUT2D eigenvalue weighted by molar-refractivity contribution is -0.118. The van der Waals surface area contributed by atoms with Crippen molar-refractivity contribution in [3.8, 4) is 5.75 Å². The predicted octanol–water partition coefficient (Wildman–Crippen LogP) is 5.85. The van der Waals surface area contributed by atoms with Gasteiger partial charge in [0.15, 0.2) is 6.61 Å². The Labute approximate surface area is 192 Å². The second-order valence-electron chi connectivity index (χ2n) is 11.6. The SMILES string of the molecule is Cc1ccc(NC(=O)COc2ccc(CNC34CC5CC(C)(CC(C)(C5)C3)C4)cc2)cc1. The number of ether oxygens (including phenoxy) is 1. The van der Waals surface area contributed by atoms with Gasteiger partial charge in [0.1, 0.15) is 5.75 Å². The van der Waals surface area contributed by atoms with E-state index in [0.29, 0.717) is 16.4 Å². The summed E-state index contributed by atoms with van der Waals surface area (Å²) in [6, 6.07) is 15.9. The van der Waals surface area contributed by atoms with E-state index < -0.39 is 0 Å². The van der Waals surface area contributed by atoms with Gasteiger partial charge in [-0.1, -0.05) is 43.7 Å². The van der Waals surface area contributed by atoms with Gasteiger partial charge in [-0.2, -0.15) is 0 Å². The quantitative estimate of drug-likeness (QED) is 0.577. The Morgan fingerprint density at radius 1 is 0.938 bits per heavy atom. The number of carbonyl (C=O) groups excluding carboxylic acids is 1. The zero-order valence-corrected chi connectivity index (χ0v) is 19.7. The molecular weight excluding hydrogens is 396 g/mol. The van der Waals surface area contributed by atoms with Crippen molar-refractivity contribution in [2.45, 2.75) is 71.4 Å². The van der Waals surface area contributed by atoms with Crippen LogP contribution in [0.25, 0.3) is 0 Å². The average Bonchev–Trinajstić information content (AvgIpc) is 2.71. The van der Waals surface area contributed by atoms with Crippen LogP contribution in [0.1, 0.15) is 63.5 Å². The van der Waals surface area contributed by atoms with Gasteiger partial charge >= 0.3 is 0 Å². The summed E-state index contributed by atoms with van der Waals surface area (Å²) in [4.78, 5) is 12.2. The summed E-state index contributed by atoms with van der Waals surface area (Å²) in [5, 5.41) is 6.86. The van der Waals surface area contributed by atoms with E-state index in [1.165, 1.54) is 49.7 Å². The fourth-order valence-electron chi connectivity index (χ4n) is 7.62. The van der Waals surface area contributed by atoms with E-state index in [4.69, 9.17) is 4.74 Å². The van der Waals surface area contributed by atoms with Gasteiger partial charge in [-0.25, -0.2) is 0 Å². The van der Waals surface area contributed by atoms with E-state index in [0.717, 1.165) is 23.9 Å². The Morgan fingerprint density at radius 3 is 2.22 bits per heavy atom. The third-order valence-electron chi connectivity index (χ3n) is 7.92. The van der Waals surface area contributed by atoms with E-state index in [1.54, 1.807) is 0 Å². The first-order valence-electron chi connectivity index (χ1n) is 12.1. The number of amides is 1. The van der Waals surface area contributed by atoms with Gasteiger partial charge in [0.2, 0.25) is 0 Å². The largest absolute Gasteiger partial charge is 0.484 e. The summed E-state index contributed by atoms with van der Waals surface area (Å²) >= 11 is 0. The number of hydrogen-bond acceptors (Lipinski definition) is 3. The number of carbonyl (C=O) groups is 1. The van der Waals surface area contributed by atoms with Crippen LogP contribution < -0.4 is 15.4 Å². The molecule has 4 aliphatic carbocycles. The van der Waals surface area contributed by atoms with Crippen LogP contribution in [0.3, 0.4) is 0 Å². The first-order chi connectivity index (χ1) is 15.2. The molecule has 2 unspecified atom stereocenters. The highest BCUT2D eigenvalue weighted by Gasteiger charge is 2.59. The summed E-state index contributed by atoms with van der Waals surface area (Å²) in [5.41, 5.74) is 4.59. The topological polar surface area (TPSA) is 50.4 Å². The highest BCUT2D eigenvalue weighted by molar-refractivity contribution is 5.91. The Bertz CT molecular complexity index is 963. The molecule has 2 aromatic carbocycles. The maximum atomic E-state index is 12.2. The van der Waals surface area contributed by atoms with E-state index in [2.05, 4.69) is 36.6 Å². The molecule has 1 amide bonds. The summed E-state index contributed by atoms with van der Waals surface area (Å²) in [6.07, 6.45) is 8.25. The number of nitrogens with one attached hydrogen (secondary N) is 2. The Kier molecular flexibility index (Phi) is 5.32. The minimum atomic E-state index is -0.150. The molecule has 4 nitrogen and oxygen atoms in total. The second-order valence-corrected chi connectivity index (χ2v) is 11.6. The van der Waals surface area contributed by atoms with Crippen molar-refractivity contribution in [2.75, 3.05) is 11.9 Å². The van der Waals surface area contributed by atoms with Gasteiger partial charge in [-0.3, -0.25) is 4.79 Å². The molecule has 4 fully saturated rings. The van der Waals surface area contributed by atoms with Gasteiger partial charge in [-0.15, -0.1) is 0 Å². The molecule has 6 rings (SSSR count). The molecular formula is C28H36N2O2. The molecule has 0 saturated heterocycles. The standard InChI is InChI=1S/C28H36N2O2/c1-20-4-8-23(9-5-20)30-25(31)16-32-24-10-6-21(7-11-24)15-29-28-14-22-12-26(2,18-28)17-27(3,13-22)19-28/h4-11,22,29H,12-19H2,1-3H3,(H,30,31). The van der Waals surface area contributed by atoms with Crippen molar-refractivity contribution >= 4 is 11.6 Å². The molecule has 0 radical (unpaired) electrons. The molecule has 0 heterocycles. The highest BCUT2D eigenvalue weighted by atomic mass is 16.5. The summed E-state index contributed by atoms with van der Waals surface area (Å²) in [5.74, 6) is 1.47. The molecule has 2 N–H and O–H groups in total. The summed E-state index contributed by atoms with van der Waals surface area (Å²) in [7, 11) is 0. The lowest BCUT2D eigenvalue weighted by Crippen LogP contribution is -2.63. The van der Waals surface area contributed by atoms with E-state index in [1.807, 2.05) is 43.3 Å².